The zero-order chi connectivity index (χ0) is 15.4. The van der Waals surface area contributed by atoms with Crippen molar-refractivity contribution in [3.63, 3.8) is 0 Å². The molecule has 1 fully saturated rings. The Morgan fingerprint density at radius 2 is 2.14 bits per heavy atom. The van der Waals surface area contributed by atoms with E-state index in [0.717, 1.165) is 17.9 Å². The van der Waals surface area contributed by atoms with E-state index in [1.807, 2.05) is 12.1 Å². The summed E-state index contributed by atoms with van der Waals surface area (Å²) in [5.74, 6) is 2.89. The van der Waals surface area contributed by atoms with Crippen molar-refractivity contribution in [3.8, 4) is 11.5 Å². The number of ether oxygens (including phenoxy) is 2. The number of hydrogen-bond donors (Lipinski definition) is 1. The van der Waals surface area contributed by atoms with Gasteiger partial charge < -0.3 is 14.8 Å². The standard InChI is InChI=1S/C18H25NO3/c1-21-16-7-6-15-8-14(12-22-17(15)10-16)11-19-18(20)9-13-4-2-3-5-13/h6-7,10,13-14H,2-5,8-9,11-12H2,1H3,(H,19,20)/t14-/m1/s1. The van der Waals surface area contributed by atoms with E-state index in [1.54, 1.807) is 7.11 Å². The first kappa shape index (κ1) is 15.2. The smallest absolute Gasteiger partial charge is 0.220 e. The Hall–Kier alpha value is -1.71. The molecule has 1 aliphatic heterocycles. The molecule has 1 atom stereocenters. The normalized spacial score (nSPS) is 21.0. The molecular formula is C18H25NO3. The molecule has 3 rings (SSSR count). The molecule has 1 saturated carbocycles. The van der Waals surface area contributed by atoms with Crippen molar-refractivity contribution < 1.29 is 14.3 Å². The summed E-state index contributed by atoms with van der Waals surface area (Å²) in [6.45, 7) is 1.36. The minimum Gasteiger partial charge on any atom is -0.497 e. The fourth-order valence-electron chi connectivity index (χ4n) is 3.48. The number of rotatable bonds is 5. The lowest BCUT2D eigenvalue weighted by molar-refractivity contribution is -0.122. The summed E-state index contributed by atoms with van der Waals surface area (Å²) in [5, 5.41) is 3.09. The molecule has 0 unspecified atom stereocenters. The van der Waals surface area contributed by atoms with Gasteiger partial charge in [0.25, 0.3) is 0 Å². The minimum absolute atomic E-state index is 0.201. The number of nitrogens with one attached hydrogen (secondary N) is 1. The quantitative estimate of drug-likeness (QED) is 0.910. The summed E-state index contributed by atoms with van der Waals surface area (Å²) >= 11 is 0. The van der Waals surface area contributed by atoms with Crippen molar-refractivity contribution in [3.05, 3.63) is 23.8 Å². The lowest BCUT2D eigenvalue weighted by atomic mass is 9.96. The van der Waals surface area contributed by atoms with Crippen molar-refractivity contribution >= 4 is 5.91 Å². The monoisotopic (exact) mass is 303 g/mol. The maximum Gasteiger partial charge on any atom is 0.220 e. The lowest BCUT2D eigenvalue weighted by Gasteiger charge is -2.26. The first-order valence-electron chi connectivity index (χ1n) is 8.31. The number of hydrogen-bond acceptors (Lipinski definition) is 3. The molecule has 1 heterocycles. The van der Waals surface area contributed by atoms with E-state index in [4.69, 9.17) is 9.47 Å². The Kier molecular flexibility index (Phi) is 4.86. The second kappa shape index (κ2) is 7.03. The van der Waals surface area contributed by atoms with Gasteiger partial charge in [0, 0.05) is 24.9 Å². The van der Waals surface area contributed by atoms with Crippen molar-refractivity contribution in [2.24, 2.45) is 11.8 Å². The number of amides is 1. The highest BCUT2D eigenvalue weighted by molar-refractivity contribution is 5.76. The predicted octanol–water partition coefficient (Wildman–Crippen LogP) is 2.94. The summed E-state index contributed by atoms with van der Waals surface area (Å²) < 4.78 is 11.0. The third kappa shape index (κ3) is 3.73. The van der Waals surface area contributed by atoms with Gasteiger partial charge in [0.05, 0.1) is 13.7 Å². The largest absolute Gasteiger partial charge is 0.497 e. The van der Waals surface area contributed by atoms with Crippen LogP contribution in [0.5, 0.6) is 11.5 Å². The van der Waals surface area contributed by atoms with Crippen LogP contribution in [0.1, 0.15) is 37.7 Å². The number of fused-ring (bicyclic) bond motifs is 1. The van der Waals surface area contributed by atoms with Gasteiger partial charge in [-0.15, -0.1) is 0 Å². The van der Waals surface area contributed by atoms with Crippen LogP contribution in [0.4, 0.5) is 0 Å². The minimum atomic E-state index is 0.201. The Labute approximate surface area is 132 Å². The van der Waals surface area contributed by atoms with E-state index in [0.29, 0.717) is 31.4 Å². The van der Waals surface area contributed by atoms with Crippen molar-refractivity contribution in [2.75, 3.05) is 20.3 Å². The summed E-state index contributed by atoms with van der Waals surface area (Å²) in [6.07, 6.45) is 6.65. The van der Waals surface area contributed by atoms with Crippen molar-refractivity contribution in [2.45, 2.75) is 38.5 Å². The van der Waals surface area contributed by atoms with Gasteiger partial charge in [0.2, 0.25) is 5.91 Å². The molecule has 1 amide bonds. The molecule has 1 N–H and O–H groups in total. The van der Waals surface area contributed by atoms with Crippen LogP contribution in [0.2, 0.25) is 0 Å². The molecule has 1 aromatic rings. The van der Waals surface area contributed by atoms with Gasteiger partial charge in [-0.2, -0.15) is 0 Å². The highest BCUT2D eigenvalue weighted by atomic mass is 16.5. The van der Waals surface area contributed by atoms with Crippen LogP contribution in [0.15, 0.2) is 18.2 Å². The van der Waals surface area contributed by atoms with Crippen LogP contribution >= 0.6 is 0 Å². The van der Waals surface area contributed by atoms with Crippen LogP contribution in [0.25, 0.3) is 0 Å². The van der Waals surface area contributed by atoms with E-state index >= 15 is 0 Å². The maximum absolute atomic E-state index is 12.0. The molecular weight excluding hydrogens is 278 g/mol. The topological polar surface area (TPSA) is 47.6 Å². The molecule has 1 aromatic carbocycles. The van der Waals surface area contributed by atoms with Gasteiger partial charge in [0.15, 0.2) is 0 Å². The van der Waals surface area contributed by atoms with E-state index in [9.17, 15) is 4.79 Å². The summed E-state index contributed by atoms with van der Waals surface area (Å²) in [6, 6.07) is 5.95. The lowest BCUT2D eigenvalue weighted by Crippen LogP contribution is -2.35. The second-order valence-corrected chi connectivity index (χ2v) is 6.51. The van der Waals surface area contributed by atoms with E-state index in [2.05, 4.69) is 11.4 Å². The van der Waals surface area contributed by atoms with Gasteiger partial charge in [-0.05, 0) is 36.8 Å². The molecule has 0 saturated heterocycles. The molecule has 0 bridgehead atoms. The summed E-state index contributed by atoms with van der Waals surface area (Å²) in [5.41, 5.74) is 1.20. The molecule has 4 nitrogen and oxygen atoms in total. The second-order valence-electron chi connectivity index (χ2n) is 6.51. The molecule has 1 aliphatic carbocycles. The molecule has 120 valence electrons. The first-order valence-corrected chi connectivity index (χ1v) is 8.31. The molecule has 0 radical (unpaired) electrons. The highest BCUT2D eigenvalue weighted by Crippen LogP contribution is 2.31. The van der Waals surface area contributed by atoms with E-state index < -0.39 is 0 Å². The first-order chi connectivity index (χ1) is 10.7. The molecule has 2 aliphatic rings. The van der Waals surface area contributed by atoms with Crippen LogP contribution in [0, 0.1) is 11.8 Å². The van der Waals surface area contributed by atoms with Gasteiger partial charge in [-0.3, -0.25) is 4.79 Å². The Morgan fingerprint density at radius 1 is 1.32 bits per heavy atom. The fourth-order valence-corrected chi connectivity index (χ4v) is 3.48. The van der Waals surface area contributed by atoms with Gasteiger partial charge in [-0.25, -0.2) is 0 Å². The van der Waals surface area contributed by atoms with Crippen LogP contribution in [-0.4, -0.2) is 26.2 Å². The Morgan fingerprint density at radius 3 is 2.91 bits per heavy atom. The number of methoxy groups -OCH3 is 1. The number of carbonyl (C=O) groups is 1. The zero-order valence-electron chi connectivity index (χ0n) is 13.3. The van der Waals surface area contributed by atoms with E-state index in [1.165, 1.54) is 31.2 Å². The zero-order valence-corrected chi connectivity index (χ0v) is 13.3. The van der Waals surface area contributed by atoms with Crippen LogP contribution < -0.4 is 14.8 Å². The van der Waals surface area contributed by atoms with E-state index in [-0.39, 0.29) is 5.91 Å². The number of benzene rings is 1. The average Bonchev–Trinajstić information content (AvgIpc) is 3.05. The van der Waals surface area contributed by atoms with Gasteiger partial charge >= 0.3 is 0 Å². The number of carbonyl (C=O) groups excluding carboxylic acids is 1. The Balaban J connectivity index is 1.46. The van der Waals surface area contributed by atoms with Crippen LogP contribution in [0.3, 0.4) is 0 Å². The fraction of sp³-hybridized carbons (Fsp3) is 0.611. The van der Waals surface area contributed by atoms with Gasteiger partial charge in [0.1, 0.15) is 11.5 Å². The Bertz CT molecular complexity index is 523. The molecule has 4 heteroatoms. The maximum atomic E-state index is 12.0. The SMILES string of the molecule is COc1ccc2c(c1)OC[C@@H](CNC(=O)CC1CCCC1)C2. The molecule has 0 aromatic heterocycles. The third-order valence-electron chi connectivity index (χ3n) is 4.79. The molecule has 22 heavy (non-hydrogen) atoms. The molecule has 0 spiro atoms. The average molecular weight is 303 g/mol. The van der Waals surface area contributed by atoms with Crippen molar-refractivity contribution in [1.29, 1.82) is 0 Å². The highest BCUT2D eigenvalue weighted by Gasteiger charge is 2.22. The van der Waals surface area contributed by atoms with Gasteiger partial charge in [-0.1, -0.05) is 18.9 Å². The summed E-state index contributed by atoms with van der Waals surface area (Å²) in [4.78, 5) is 12.0. The summed E-state index contributed by atoms with van der Waals surface area (Å²) in [7, 11) is 1.66. The predicted molar refractivity (Wildman–Crippen MR) is 85.3 cm³/mol. The third-order valence-corrected chi connectivity index (χ3v) is 4.79. The van der Waals surface area contributed by atoms with Crippen LogP contribution in [-0.2, 0) is 11.2 Å². The van der Waals surface area contributed by atoms with Crippen molar-refractivity contribution in [1.82, 2.24) is 5.32 Å².